The van der Waals surface area contributed by atoms with Gasteiger partial charge in [0.1, 0.15) is 11.4 Å². The summed E-state index contributed by atoms with van der Waals surface area (Å²) in [6, 6.07) is 5.80. The van der Waals surface area contributed by atoms with Crippen LogP contribution >= 0.6 is 0 Å². The van der Waals surface area contributed by atoms with Crippen LogP contribution in [0.15, 0.2) is 18.2 Å². The van der Waals surface area contributed by atoms with Crippen LogP contribution in [0.1, 0.15) is 19.4 Å². The Bertz CT molecular complexity index is 431. The molecule has 0 bridgehead atoms. The first-order valence-corrected chi connectivity index (χ1v) is 6.32. The van der Waals surface area contributed by atoms with E-state index in [0.717, 1.165) is 23.1 Å². The van der Waals surface area contributed by atoms with Crippen molar-refractivity contribution in [2.24, 2.45) is 0 Å². The van der Waals surface area contributed by atoms with Crippen molar-refractivity contribution in [1.29, 1.82) is 0 Å². The SMILES string of the molecule is CC[N+](C)(CC)c1ccc(OC(=O)NC)cc1C.[I-]. The third-order valence-electron chi connectivity index (χ3n) is 3.56. The molecule has 0 aromatic heterocycles. The molecule has 1 aromatic carbocycles. The summed E-state index contributed by atoms with van der Waals surface area (Å²) in [5, 5.41) is 2.44. The summed E-state index contributed by atoms with van der Waals surface area (Å²) in [7, 11) is 3.76. The molecule has 0 heterocycles. The smallest absolute Gasteiger partial charge is 0.412 e. The maximum atomic E-state index is 11.1. The van der Waals surface area contributed by atoms with Gasteiger partial charge in [0.25, 0.3) is 0 Å². The first-order chi connectivity index (χ1) is 8.46. The number of aryl methyl sites for hydroxylation is 1. The average molecular weight is 378 g/mol. The van der Waals surface area contributed by atoms with Crippen LogP contribution in [0.3, 0.4) is 0 Å². The third kappa shape index (κ3) is 4.35. The van der Waals surface area contributed by atoms with Crippen LogP contribution in [0.5, 0.6) is 5.75 Å². The molecule has 4 nitrogen and oxygen atoms in total. The van der Waals surface area contributed by atoms with Gasteiger partial charge < -0.3 is 34.0 Å². The van der Waals surface area contributed by atoms with Crippen molar-refractivity contribution in [3.05, 3.63) is 23.8 Å². The lowest BCUT2D eigenvalue weighted by Crippen LogP contribution is -3.00. The van der Waals surface area contributed by atoms with Gasteiger partial charge in [0, 0.05) is 18.7 Å². The van der Waals surface area contributed by atoms with Gasteiger partial charge in [0.05, 0.1) is 20.1 Å². The van der Waals surface area contributed by atoms with E-state index < -0.39 is 6.09 Å². The van der Waals surface area contributed by atoms with E-state index in [1.165, 1.54) is 5.69 Å². The standard InChI is InChI=1S/C14H22N2O2.HI/c1-6-16(5,7-2)13-9-8-12(10-11(13)3)18-14(17)15-4;/h8-10H,6-7H2,1-5H3;1H. The van der Waals surface area contributed by atoms with Gasteiger partial charge in [-0.2, -0.15) is 0 Å². The van der Waals surface area contributed by atoms with Gasteiger partial charge in [-0.1, -0.05) is 0 Å². The number of carbonyl (C=O) groups is 1. The van der Waals surface area contributed by atoms with Crippen LogP contribution in [-0.4, -0.2) is 33.3 Å². The molecule has 0 atom stereocenters. The normalized spacial score (nSPS) is 10.6. The molecule has 0 aliphatic heterocycles. The lowest BCUT2D eigenvalue weighted by Gasteiger charge is -2.33. The molecular weight excluding hydrogens is 355 g/mol. The first kappa shape index (κ1) is 18.2. The van der Waals surface area contributed by atoms with Crippen LogP contribution in [0, 0.1) is 6.92 Å². The minimum atomic E-state index is -0.439. The number of amides is 1. The van der Waals surface area contributed by atoms with Gasteiger partial charge in [-0.3, -0.25) is 4.48 Å². The van der Waals surface area contributed by atoms with Gasteiger partial charge in [0.2, 0.25) is 0 Å². The molecular formula is C14H23IN2O2. The highest BCUT2D eigenvalue weighted by Crippen LogP contribution is 2.28. The Hall–Kier alpha value is -0.820. The molecule has 0 unspecified atom stereocenters. The number of carbonyl (C=O) groups excluding carboxylic acids is 1. The van der Waals surface area contributed by atoms with E-state index in [0.29, 0.717) is 5.75 Å². The highest BCUT2D eigenvalue weighted by atomic mass is 127. The zero-order chi connectivity index (χ0) is 13.8. The number of nitrogens with zero attached hydrogens (tertiary/aromatic N) is 1. The summed E-state index contributed by atoms with van der Waals surface area (Å²) in [6.45, 7) is 8.48. The van der Waals surface area contributed by atoms with Crippen molar-refractivity contribution in [3.8, 4) is 5.75 Å². The van der Waals surface area contributed by atoms with E-state index in [-0.39, 0.29) is 24.0 Å². The number of nitrogens with one attached hydrogen (secondary N) is 1. The molecule has 0 radical (unpaired) electrons. The van der Waals surface area contributed by atoms with Gasteiger partial charge >= 0.3 is 6.09 Å². The van der Waals surface area contributed by atoms with Crippen molar-refractivity contribution in [3.63, 3.8) is 0 Å². The van der Waals surface area contributed by atoms with Crippen LogP contribution in [0.4, 0.5) is 10.5 Å². The number of hydrogen-bond acceptors (Lipinski definition) is 2. The molecule has 0 fully saturated rings. The van der Waals surface area contributed by atoms with Crippen LogP contribution < -0.4 is 38.5 Å². The summed E-state index contributed by atoms with van der Waals surface area (Å²) in [4.78, 5) is 11.1. The minimum Gasteiger partial charge on any atom is -1.00 e. The maximum Gasteiger partial charge on any atom is 0.412 e. The number of halogens is 1. The average Bonchev–Trinajstić information content (AvgIpc) is 2.37. The van der Waals surface area contributed by atoms with Crippen molar-refractivity contribution >= 4 is 11.8 Å². The van der Waals surface area contributed by atoms with Crippen molar-refractivity contribution in [2.45, 2.75) is 20.8 Å². The monoisotopic (exact) mass is 378 g/mol. The fourth-order valence-corrected chi connectivity index (χ4v) is 2.02. The number of quaternary nitrogens is 1. The van der Waals surface area contributed by atoms with Crippen molar-refractivity contribution < 1.29 is 33.5 Å². The van der Waals surface area contributed by atoms with Crippen LogP contribution in [0.2, 0.25) is 0 Å². The van der Waals surface area contributed by atoms with Crippen LogP contribution in [-0.2, 0) is 0 Å². The summed E-state index contributed by atoms with van der Waals surface area (Å²) >= 11 is 0. The fourth-order valence-electron chi connectivity index (χ4n) is 2.02. The Balaban J connectivity index is 0.00000324. The Morgan fingerprint density at radius 1 is 1.32 bits per heavy atom. The lowest BCUT2D eigenvalue weighted by atomic mass is 10.1. The Morgan fingerprint density at radius 2 is 1.89 bits per heavy atom. The van der Waals surface area contributed by atoms with Crippen molar-refractivity contribution in [2.75, 3.05) is 27.2 Å². The van der Waals surface area contributed by atoms with E-state index in [1.807, 2.05) is 25.1 Å². The maximum absolute atomic E-state index is 11.1. The summed E-state index contributed by atoms with van der Waals surface area (Å²) in [5.74, 6) is 0.578. The highest BCUT2D eigenvalue weighted by Gasteiger charge is 2.22. The molecule has 1 rings (SSSR count). The molecule has 1 amide bonds. The Labute approximate surface area is 132 Å². The van der Waals surface area contributed by atoms with E-state index in [4.69, 9.17) is 4.74 Å². The van der Waals surface area contributed by atoms with E-state index in [9.17, 15) is 4.79 Å². The Kier molecular flexibility index (Phi) is 7.36. The summed E-state index contributed by atoms with van der Waals surface area (Å²) in [5.41, 5.74) is 2.41. The molecule has 0 saturated heterocycles. The molecule has 108 valence electrons. The van der Waals surface area contributed by atoms with Gasteiger partial charge in [-0.15, -0.1) is 0 Å². The Morgan fingerprint density at radius 3 is 2.32 bits per heavy atom. The number of benzene rings is 1. The second-order valence-electron chi connectivity index (χ2n) is 4.62. The molecule has 0 spiro atoms. The second kappa shape index (κ2) is 7.69. The summed E-state index contributed by atoms with van der Waals surface area (Å²) < 4.78 is 6.00. The number of hydrogen-bond donors (Lipinski definition) is 1. The van der Waals surface area contributed by atoms with Gasteiger partial charge in [-0.25, -0.2) is 4.79 Å². The molecule has 0 saturated carbocycles. The predicted molar refractivity (Wildman–Crippen MR) is 75.1 cm³/mol. The van der Waals surface area contributed by atoms with Crippen LogP contribution in [0.25, 0.3) is 0 Å². The summed E-state index contributed by atoms with van der Waals surface area (Å²) in [6.07, 6.45) is -0.439. The molecule has 1 N–H and O–H groups in total. The molecule has 1 aromatic rings. The van der Waals surface area contributed by atoms with E-state index >= 15 is 0 Å². The predicted octanol–water partition coefficient (Wildman–Crippen LogP) is -0.306. The minimum absolute atomic E-state index is 0. The highest BCUT2D eigenvalue weighted by molar-refractivity contribution is 5.70. The quantitative estimate of drug-likeness (QED) is 0.577. The fraction of sp³-hybridized carbons (Fsp3) is 0.500. The topological polar surface area (TPSA) is 38.3 Å². The van der Waals surface area contributed by atoms with E-state index in [2.05, 4.69) is 26.2 Å². The van der Waals surface area contributed by atoms with Gasteiger partial charge in [0.15, 0.2) is 0 Å². The first-order valence-electron chi connectivity index (χ1n) is 6.32. The van der Waals surface area contributed by atoms with E-state index in [1.54, 1.807) is 7.05 Å². The third-order valence-corrected chi connectivity index (χ3v) is 3.56. The number of rotatable bonds is 4. The molecule has 0 aliphatic rings. The molecule has 19 heavy (non-hydrogen) atoms. The molecule has 5 heteroatoms. The largest absolute Gasteiger partial charge is 1.00 e. The zero-order valence-electron chi connectivity index (χ0n) is 12.3. The zero-order valence-corrected chi connectivity index (χ0v) is 14.4. The van der Waals surface area contributed by atoms with Crippen molar-refractivity contribution in [1.82, 2.24) is 9.80 Å². The number of ether oxygens (including phenoxy) is 1. The second-order valence-corrected chi connectivity index (χ2v) is 4.62. The lowest BCUT2D eigenvalue weighted by molar-refractivity contribution is -0.00000898. The van der Waals surface area contributed by atoms with Gasteiger partial charge in [-0.05, 0) is 32.9 Å². The molecule has 0 aliphatic carbocycles.